The molecule has 0 aliphatic carbocycles. The largest absolute Gasteiger partial charge is 0.356 e. The van der Waals surface area contributed by atoms with Crippen LogP contribution in [0, 0.1) is 6.92 Å². The summed E-state index contributed by atoms with van der Waals surface area (Å²) in [5.74, 6) is -0.363. The van der Waals surface area contributed by atoms with Gasteiger partial charge in [-0.2, -0.15) is 0 Å². The first-order valence-corrected chi connectivity index (χ1v) is 7.94. The minimum Gasteiger partial charge on any atom is -0.356 e. The molecule has 0 bridgehead atoms. The van der Waals surface area contributed by atoms with Crippen molar-refractivity contribution >= 4 is 28.7 Å². The summed E-state index contributed by atoms with van der Waals surface area (Å²) < 4.78 is 0. The van der Waals surface area contributed by atoms with E-state index in [0.717, 1.165) is 16.3 Å². The molecule has 2 aromatic heterocycles. The van der Waals surface area contributed by atoms with E-state index >= 15 is 0 Å². The predicted molar refractivity (Wildman–Crippen MR) is 91.0 cm³/mol. The second kappa shape index (κ2) is 6.18. The van der Waals surface area contributed by atoms with Crippen molar-refractivity contribution in [1.82, 2.24) is 9.97 Å². The lowest BCUT2D eigenvalue weighted by Crippen LogP contribution is -2.12. The third-order valence-electron chi connectivity index (χ3n) is 3.39. The fourth-order valence-corrected chi connectivity index (χ4v) is 2.77. The molecule has 0 unspecified atom stereocenters. The van der Waals surface area contributed by atoms with Gasteiger partial charge in [-0.3, -0.25) is 9.59 Å². The van der Waals surface area contributed by atoms with Crippen LogP contribution in [0.2, 0.25) is 0 Å². The lowest BCUT2D eigenvalue weighted by Gasteiger charge is -2.04. The van der Waals surface area contributed by atoms with Crippen molar-refractivity contribution in [2.45, 2.75) is 13.8 Å². The normalized spacial score (nSPS) is 10.5. The summed E-state index contributed by atoms with van der Waals surface area (Å²) in [4.78, 5) is 30.6. The third kappa shape index (κ3) is 3.37. The Hall–Kier alpha value is -2.73. The minimum absolute atomic E-state index is 0.0804. The predicted octanol–water partition coefficient (Wildman–Crippen LogP) is 3.90. The van der Waals surface area contributed by atoms with Crippen molar-refractivity contribution in [3.05, 3.63) is 58.2 Å². The minimum atomic E-state index is -0.283. The highest BCUT2D eigenvalue weighted by atomic mass is 32.1. The molecule has 1 amide bonds. The molecule has 0 spiro atoms. The van der Waals surface area contributed by atoms with Crippen LogP contribution in [0.5, 0.6) is 0 Å². The number of rotatable bonds is 4. The van der Waals surface area contributed by atoms with Gasteiger partial charge in [0.1, 0.15) is 5.69 Å². The fourth-order valence-electron chi connectivity index (χ4n) is 2.15. The highest BCUT2D eigenvalue weighted by Gasteiger charge is 2.11. The SMILES string of the molecule is CC(=O)c1c[nH]c(C(=O)Nc2ccc(-c3csc(C)n3)cc2)c1. The maximum atomic E-state index is 12.1. The zero-order valence-corrected chi connectivity index (χ0v) is 13.5. The number of H-pyrrole nitrogens is 1. The molecule has 0 atom stereocenters. The van der Waals surface area contributed by atoms with E-state index in [2.05, 4.69) is 15.3 Å². The number of aryl methyl sites for hydroxylation is 1. The van der Waals surface area contributed by atoms with Gasteiger partial charge in [0.25, 0.3) is 5.91 Å². The second-order valence-corrected chi connectivity index (χ2v) is 6.20. The quantitative estimate of drug-likeness (QED) is 0.714. The molecular weight excluding hydrogens is 310 g/mol. The molecule has 0 aliphatic heterocycles. The van der Waals surface area contributed by atoms with Gasteiger partial charge in [-0.05, 0) is 32.0 Å². The molecule has 23 heavy (non-hydrogen) atoms. The molecule has 0 radical (unpaired) electrons. The van der Waals surface area contributed by atoms with Gasteiger partial charge < -0.3 is 10.3 Å². The van der Waals surface area contributed by atoms with Gasteiger partial charge in [-0.25, -0.2) is 4.98 Å². The van der Waals surface area contributed by atoms with E-state index in [1.165, 1.54) is 13.1 Å². The van der Waals surface area contributed by atoms with Crippen molar-refractivity contribution < 1.29 is 9.59 Å². The maximum Gasteiger partial charge on any atom is 0.272 e. The number of hydrogen-bond acceptors (Lipinski definition) is 4. The van der Waals surface area contributed by atoms with Crippen LogP contribution in [0.3, 0.4) is 0 Å². The van der Waals surface area contributed by atoms with Crippen molar-refractivity contribution in [3.63, 3.8) is 0 Å². The number of nitrogens with zero attached hydrogens (tertiary/aromatic N) is 1. The number of carbonyl (C=O) groups excluding carboxylic acids is 2. The number of amides is 1. The Balaban J connectivity index is 1.72. The van der Waals surface area contributed by atoms with E-state index < -0.39 is 0 Å². The first kappa shape index (κ1) is 15.2. The van der Waals surface area contributed by atoms with E-state index in [1.54, 1.807) is 17.4 Å². The number of hydrogen-bond donors (Lipinski definition) is 2. The van der Waals surface area contributed by atoms with Crippen LogP contribution in [0.1, 0.15) is 32.8 Å². The molecule has 0 saturated heterocycles. The monoisotopic (exact) mass is 325 g/mol. The zero-order valence-electron chi connectivity index (χ0n) is 12.7. The van der Waals surface area contributed by atoms with Gasteiger partial charge in [-0.1, -0.05) is 12.1 Å². The van der Waals surface area contributed by atoms with Crippen LogP contribution in [-0.4, -0.2) is 21.7 Å². The summed E-state index contributed by atoms with van der Waals surface area (Å²) in [5, 5.41) is 5.82. The van der Waals surface area contributed by atoms with Gasteiger partial charge in [0.2, 0.25) is 0 Å². The molecule has 0 saturated carbocycles. The number of anilines is 1. The summed E-state index contributed by atoms with van der Waals surface area (Å²) in [6.07, 6.45) is 1.53. The van der Waals surface area contributed by atoms with Gasteiger partial charge in [0, 0.05) is 28.4 Å². The zero-order chi connectivity index (χ0) is 16.4. The van der Waals surface area contributed by atoms with E-state index in [9.17, 15) is 9.59 Å². The van der Waals surface area contributed by atoms with Crippen molar-refractivity contribution in [2.24, 2.45) is 0 Å². The molecule has 5 nitrogen and oxygen atoms in total. The van der Waals surface area contributed by atoms with Crippen LogP contribution in [0.4, 0.5) is 5.69 Å². The van der Waals surface area contributed by atoms with Crippen LogP contribution >= 0.6 is 11.3 Å². The summed E-state index contributed by atoms with van der Waals surface area (Å²) in [7, 11) is 0. The summed E-state index contributed by atoms with van der Waals surface area (Å²) in [5.41, 5.74) is 3.47. The molecule has 1 aromatic carbocycles. The molecule has 3 aromatic rings. The van der Waals surface area contributed by atoms with Gasteiger partial charge >= 0.3 is 0 Å². The standard InChI is InChI=1S/C17H15N3O2S/c1-10(21)13-7-15(18-8-13)17(22)20-14-5-3-12(4-6-14)16-9-23-11(2)19-16/h3-9,18H,1-2H3,(H,20,22). The van der Waals surface area contributed by atoms with E-state index in [1.807, 2.05) is 36.6 Å². The fraction of sp³-hybridized carbons (Fsp3) is 0.118. The average molecular weight is 325 g/mol. The number of thiazole rings is 1. The van der Waals surface area contributed by atoms with Gasteiger partial charge in [0.05, 0.1) is 10.7 Å². The second-order valence-electron chi connectivity index (χ2n) is 5.14. The first-order chi connectivity index (χ1) is 11.0. The Morgan fingerprint density at radius 2 is 1.96 bits per heavy atom. The summed E-state index contributed by atoms with van der Waals surface area (Å²) in [6.45, 7) is 3.43. The Morgan fingerprint density at radius 3 is 2.52 bits per heavy atom. The first-order valence-electron chi connectivity index (χ1n) is 7.06. The van der Waals surface area contributed by atoms with Crippen LogP contribution in [-0.2, 0) is 0 Å². The van der Waals surface area contributed by atoms with Crippen LogP contribution in [0.25, 0.3) is 11.3 Å². The molecular formula is C17H15N3O2S. The number of carbonyl (C=O) groups is 2. The Kier molecular flexibility index (Phi) is 4.08. The maximum absolute atomic E-state index is 12.1. The van der Waals surface area contributed by atoms with E-state index in [-0.39, 0.29) is 11.7 Å². The number of ketones is 1. The van der Waals surface area contributed by atoms with E-state index in [0.29, 0.717) is 16.9 Å². The third-order valence-corrected chi connectivity index (χ3v) is 4.17. The highest BCUT2D eigenvalue weighted by molar-refractivity contribution is 7.09. The average Bonchev–Trinajstić information content (AvgIpc) is 3.17. The van der Waals surface area contributed by atoms with Crippen molar-refractivity contribution in [2.75, 3.05) is 5.32 Å². The highest BCUT2D eigenvalue weighted by Crippen LogP contribution is 2.23. The van der Waals surface area contributed by atoms with E-state index in [4.69, 9.17) is 0 Å². The Bertz CT molecular complexity index is 862. The Morgan fingerprint density at radius 1 is 1.22 bits per heavy atom. The number of nitrogens with one attached hydrogen (secondary N) is 2. The van der Waals surface area contributed by atoms with Crippen LogP contribution < -0.4 is 5.32 Å². The molecule has 2 N–H and O–H groups in total. The molecule has 6 heteroatoms. The van der Waals surface area contributed by atoms with Crippen molar-refractivity contribution in [1.29, 1.82) is 0 Å². The van der Waals surface area contributed by atoms with Gasteiger partial charge in [0.15, 0.2) is 5.78 Å². The molecule has 0 aliphatic rings. The molecule has 3 rings (SSSR count). The summed E-state index contributed by atoms with van der Waals surface area (Å²) in [6, 6.07) is 9.04. The van der Waals surface area contributed by atoms with Gasteiger partial charge in [-0.15, -0.1) is 11.3 Å². The van der Waals surface area contributed by atoms with Crippen LogP contribution in [0.15, 0.2) is 41.9 Å². The smallest absolute Gasteiger partial charge is 0.272 e. The summed E-state index contributed by atoms with van der Waals surface area (Å²) >= 11 is 1.60. The lowest BCUT2D eigenvalue weighted by atomic mass is 10.1. The molecule has 116 valence electrons. The Labute approximate surface area is 137 Å². The molecule has 2 heterocycles. The number of aromatic amines is 1. The molecule has 0 fully saturated rings. The topological polar surface area (TPSA) is 74.8 Å². The number of benzene rings is 1. The number of Topliss-reactive ketones (excluding diaryl/α,β-unsaturated/α-hetero) is 1. The number of aromatic nitrogens is 2. The van der Waals surface area contributed by atoms with Crippen molar-refractivity contribution in [3.8, 4) is 11.3 Å². The lowest BCUT2D eigenvalue weighted by molar-refractivity contribution is 0.101.